The zero-order valence-corrected chi connectivity index (χ0v) is 14.1. The Balaban J connectivity index is 1.58. The van der Waals surface area contributed by atoms with Crippen LogP contribution in [0.2, 0.25) is 0 Å². The van der Waals surface area contributed by atoms with Crippen LogP contribution in [0.1, 0.15) is 23.3 Å². The van der Waals surface area contributed by atoms with Crippen LogP contribution in [-0.2, 0) is 11.3 Å². The van der Waals surface area contributed by atoms with Crippen molar-refractivity contribution in [3.63, 3.8) is 0 Å². The molecule has 1 atom stereocenters. The first-order valence-electron chi connectivity index (χ1n) is 8.22. The van der Waals surface area contributed by atoms with Crippen molar-refractivity contribution in [1.82, 2.24) is 35.5 Å². The molecular formula is C18H17N7O. The number of nitrogens with zero attached hydrogens (tertiary/aromatic N) is 5. The Morgan fingerprint density at radius 1 is 1.15 bits per heavy atom. The number of nitrogens with one attached hydrogen (secondary N) is 2. The first-order valence-corrected chi connectivity index (χ1v) is 8.22. The monoisotopic (exact) mass is 347 g/mol. The van der Waals surface area contributed by atoms with Crippen molar-refractivity contribution in [3.05, 3.63) is 71.8 Å². The van der Waals surface area contributed by atoms with Gasteiger partial charge in [-0.1, -0.05) is 47.7 Å². The van der Waals surface area contributed by atoms with Gasteiger partial charge in [0.15, 0.2) is 5.82 Å². The fourth-order valence-electron chi connectivity index (χ4n) is 2.81. The Morgan fingerprint density at radius 3 is 2.69 bits per heavy atom. The zero-order chi connectivity index (χ0) is 17.9. The highest BCUT2D eigenvalue weighted by Crippen LogP contribution is 2.19. The number of aromatic nitrogens is 6. The number of carbonyl (C=O) groups is 1. The van der Waals surface area contributed by atoms with Gasteiger partial charge in [0.25, 0.3) is 0 Å². The van der Waals surface area contributed by atoms with Crippen LogP contribution in [0.5, 0.6) is 0 Å². The van der Waals surface area contributed by atoms with Crippen molar-refractivity contribution < 1.29 is 4.79 Å². The molecule has 8 nitrogen and oxygen atoms in total. The Labute approximate surface area is 149 Å². The van der Waals surface area contributed by atoms with Crippen LogP contribution in [0.3, 0.4) is 0 Å². The maximum absolute atomic E-state index is 12.7. The van der Waals surface area contributed by atoms with Gasteiger partial charge in [-0.05, 0) is 24.6 Å². The minimum atomic E-state index is -0.441. The molecule has 0 spiro atoms. The fraction of sp³-hybridized carbons (Fsp3) is 0.167. The van der Waals surface area contributed by atoms with Gasteiger partial charge in [-0.3, -0.25) is 9.89 Å². The molecule has 2 aromatic heterocycles. The molecule has 130 valence electrons. The lowest BCUT2D eigenvalue weighted by atomic mass is 10.1. The number of aryl methyl sites for hydroxylation is 1. The van der Waals surface area contributed by atoms with Gasteiger partial charge in [0, 0.05) is 0 Å². The molecule has 2 heterocycles. The van der Waals surface area contributed by atoms with E-state index in [1.54, 1.807) is 4.68 Å². The molecule has 4 rings (SSSR count). The molecule has 0 aliphatic rings. The molecule has 0 radical (unpaired) electrons. The molecule has 0 aliphatic heterocycles. The molecule has 0 aliphatic carbocycles. The second kappa shape index (κ2) is 6.75. The van der Waals surface area contributed by atoms with Crippen molar-refractivity contribution in [3.8, 4) is 0 Å². The van der Waals surface area contributed by atoms with Gasteiger partial charge in [-0.2, -0.15) is 5.10 Å². The van der Waals surface area contributed by atoms with Crippen molar-refractivity contribution in [1.29, 1.82) is 0 Å². The number of amides is 1. The third-order valence-electron chi connectivity index (χ3n) is 4.02. The van der Waals surface area contributed by atoms with Gasteiger partial charge in [-0.25, -0.2) is 9.67 Å². The number of H-pyrrole nitrogens is 1. The van der Waals surface area contributed by atoms with E-state index in [1.165, 1.54) is 0 Å². The Morgan fingerprint density at radius 2 is 1.92 bits per heavy atom. The van der Waals surface area contributed by atoms with Gasteiger partial charge in [-0.15, -0.1) is 5.10 Å². The normalized spacial score (nSPS) is 12.2. The standard InChI is InChI=1S/C18H17N7O/c1-12-19-18(23-21-12)17(13-7-3-2-4-8-13)20-16(26)11-25-15-10-6-5-9-14(15)22-24-25/h2-10,17H,11H2,1H3,(H,20,26)(H,19,21,23)/t17-/m0/s1. The van der Waals surface area contributed by atoms with Crippen LogP contribution in [0.25, 0.3) is 11.0 Å². The van der Waals surface area contributed by atoms with Crippen LogP contribution in [0.4, 0.5) is 0 Å². The predicted molar refractivity (Wildman–Crippen MR) is 95.1 cm³/mol. The molecule has 8 heteroatoms. The van der Waals surface area contributed by atoms with Crippen LogP contribution in [0, 0.1) is 6.92 Å². The number of benzene rings is 2. The smallest absolute Gasteiger partial charge is 0.242 e. The molecular weight excluding hydrogens is 330 g/mol. The van der Waals surface area contributed by atoms with Crippen LogP contribution in [0.15, 0.2) is 54.6 Å². The minimum absolute atomic E-state index is 0.0627. The van der Waals surface area contributed by atoms with Gasteiger partial charge in [0.2, 0.25) is 5.91 Å². The molecule has 0 unspecified atom stereocenters. The molecule has 2 N–H and O–H groups in total. The first kappa shape index (κ1) is 15.9. The fourth-order valence-corrected chi connectivity index (χ4v) is 2.81. The summed E-state index contributed by atoms with van der Waals surface area (Å²) in [5, 5.41) is 18.2. The van der Waals surface area contributed by atoms with Crippen molar-refractivity contribution in [2.45, 2.75) is 19.5 Å². The molecule has 0 bridgehead atoms. The van der Waals surface area contributed by atoms with E-state index in [-0.39, 0.29) is 12.5 Å². The highest BCUT2D eigenvalue weighted by atomic mass is 16.2. The molecule has 1 amide bonds. The summed E-state index contributed by atoms with van der Waals surface area (Å²) >= 11 is 0. The van der Waals surface area contributed by atoms with Crippen molar-refractivity contribution in [2.75, 3.05) is 0 Å². The summed E-state index contributed by atoms with van der Waals surface area (Å²) < 4.78 is 1.58. The summed E-state index contributed by atoms with van der Waals surface area (Å²) in [5.41, 5.74) is 2.47. The number of aromatic amines is 1. The average Bonchev–Trinajstić information content (AvgIpc) is 3.27. The van der Waals surface area contributed by atoms with Crippen LogP contribution in [-0.4, -0.2) is 36.1 Å². The number of fused-ring (bicyclic) bond motifs is 1. The molecule has 26 heavy (non-hydrogen) atoms. The zero-order valence-electron chi connectivity index (χ0n) is 14.1. The van der Waals surface area contributed by atoms with Gasteiger partial charge >= 0.3 is 0 Å². The second-order valence-electron chi connectivity index (χ2n) is 5.93. The molecule has 2 aromatic carbocycles. The first-order chi connectivity index (χ1) is 12.7. The number of para-hydroxylation sites is 1. The topological polar surface area (TPSA) is 101 Å². The summed E-state index contributed by atoms with van der Waals surface area (Å²) in [6.45, 7) is 1.88. The van der Waals surface area contributed by atoms with Crippen LogP contribution >= 0.6 is 0 Å². The summed E-state index contributed by atoms with van der Waals surface area (Å²) in [6.07, 6.45) is 0. The van der Waals surface area contributed by atoms with E-state index in [2.05, 4.69) is 30.8 Å². The lowest BCUT2D eigenvalue weighted by Gasteiger charge is -2.16. The average molecular weight is 347 g/mol. The van der Waals surface area contributed by atoms with Crippen molar-refractivity contribution in [2.24, 2.45) is 0 Å². The number of hydrogen-bond donors (Lipinski definition) is 2. The molecule has 0 fully saturated rings. The number of rotatable bonds is 5. The highest BCUT2D eigenvalue weighted by Gasteiger charge is 2.21. The SMILES string of the molecule is Cc1nc([C@@H](NC(=O)Cn2nnc3ccccc32)c2ccccc2)n[nH]1. The van der Waals surface area contributed by atoms with Crippen molar-refractivity contribution >= 4 is 16.9 Å². The molecule has 4 aromatic rings. The van der Waals surface area contributed by atoms with E-state index in [9.17, 15) is 4.79 Å². The quantitative estimate of drug-likeness (QED) is 0.573. The minimum Gasteiger partial charge on any atom is -0.340 e. The van der Waals surface area contributed by atoms with E-state index in [0.717, 1.165) is 16.6 Å². The molecule has 0 saturated heterocycles. The third-order valence-corrected chi connectivity index (χ3v) is 4.02. The van der Waals surface area contributed by atoms with Gasteiger partial charge in [0.1, 0.15) is 23.9 Å². The maximum Gasteiger partial charge on any atom is 0.242 e. The predicted octanol–water partition coefficient (Wildman–Crippen LogP) is 1.76. The number of carbonyl (C=O) groups excluding carboxylic acids is 1. The van der Waals surface area contributed by atoms with Crippen LogP contribution < -0.4 is 5.32 Å². The van der Waals surface area contributed by atoms with E-state index in [0.29, 0.717) is 11.6 Å². The summed E-state index contributed by atoms with van der Waals surface area (Å²) in [6, 6.07) is 16.7. The second-order valence-corrected chi connectivity index (χ2v) is 5.93. The summed E-state index contributed by atoms with van der Waals surface area (Å²) in [4.78, 5) is 17.0. The van der Waals surface area contributed by atoms with E-state index in [1.807, 2.05) is 61.5 Å². The highest BCUT2D eigenvalue weighted by molar-refractivity contribution is 5.80. The van der Waals surface area contributed by atoms with Gasteiger partial charge < -0.3 is 5.32 Å². The van der Waals surface area contributed by atoms with E-state index < -0.39 is 6.04 Å². The van der Waals surface area contributed by atoms with Gasteiger partial charge in [0.05, 0.1) is 5.52 Å². The Kier molecular flexibility index (Phi) is 4.14. The summed E-state index contributed by atoms with van der Waals surface area (Å²) in [7, 11) is 0. The third kappa shape index (κ3) is 3.16. The van der Waals surface area contributed by atoms with E-state index >= 15 is 0 Å². The van der Waals surface area contributed by atoms with E-state index in [4.69, 9.17) is 0 Å². The summed E-state index contributed by atoms with van der Waals surface area (Å²) in [5.74, 6) is 1.01. The maximum atomic E-state index is 12.7. The largest absolute Gasteiger partial charge is 0.340 e. The Bertz CT molecular complexity index is 1040. The Hall–Kier alpha value is -3.55. The lowest BCUT2D eigenvalue weighted by molar-refractivity contribution is -0.122. The lowest BCUT2D eigenvalue weighted by Crippen LogP contribution is -2.33. The molecule has 0 saturated carbocycles. The number of hydrogen-bond acceptors (Lipinski definition) is 5.